The highest BCUT2D eigenvalue weighted by Gasteiger charge is 2.17. The summed E-state index contributed by atoms with van der Waals surface area (Å²) in [4.78, 5) is 15.1. The predicted octanol–water partition coefficient (Wildman–Crippen LogP) is 3.47. The van der Waals surface area contributed by atoms with Gasteiger partial charge in [-0.25, -0.2) is 8.42 Å². The molecule has 0 spiro atoms. The third-order valence-corrected chi connectivity index (χ3v) is 5.91. The Labute approximate surface area is 179 Å². The van der Waals surface area contributed by atoms with Crippen LogP contribution >= 0.6 is 0 Å². The normalized spacial score (nSPS) is 11.5. The average Bonchev–Trinajstić information content (AvgIpc) is 3.30. The fourth-order valence-corrected chi connectivity index (χ4v) is 4.56. The maximum absolute atomic E-state index is 12.4. The zero-order valence-corrected chi connectivity index (χ0v) is 17.6. The number of fused-ring (bicyclic) bond motifs is 2. The molecule has 2 N–H and O–H groups in total. The van der Waals surface area contributed by atoms with Crippen LogP contribution in [-0.2, 0) is 24.5 Å². The summed E-state index contributed by atoms with van der Waals surface area (Å²) in [6, 6.07) is 17.6. The second-order valence-corrected chi connectivity index (χ2v) is 8.22. The number of thiol groups is 1. The second-order valence-electron chi connectivity index (χ2n) is 7.48. The van der Waals surface area contributed by atoms with Gasteiger partial charge in [0.1, 0.15) is 5.52 Å². The number of aromatic amines is 1. The van der Waals surface area contributed by atoms with Gasteiger partial charge in [-0.1, -0.05) is 30.3 Å². The first kappa shape index (κ1) is 19.2. The molecule has 0 atom stereocenters. The van der Waals surface area contributed by atoms with Crippen molar-refractivity contribution in [1.29, 1.82) is 0 Å². The molecule has 0 saturated carbocycles. The number of nitrogens with one attached hydrogen (secondary N) is 2. The summed E-state index contributed by atoms with van der Waals surface area (Å²) in [7, 11) is -0.967. The third-order valence-electron chi connectivity index (χ3n) is 5.47. The Morgan fingerprint density at radius 3 is 2.58 bits per heavy atom. The van der Waals surface area contributed by atoms with E-state index < -0.39 is 10.9 Å². The Balaban J connectivity index is 1.80. The van der Waals surface area contributed by atoms with E-state index >= 15 is 0 Å². The summed E-state index contributed by atoms with van der Waals surface area (Å²) in [5.74, 6) is 0. The topological polar surface area (TPSA) is 88.9 Å². The molecule has 0 aliphatic carbocycles. The molecule has 156 valence electrons. The molecule has 3 heterocycles. The monoisotopic (exact) mass is 432 g/mol. The number of benzene rings is 2. The summed E-state index contributed by atoms with van der Waals surface area (Å²) in [6.45, 7) is 0.672. The van der Waals surface area contributed by atoms with Crippen LogP contribution in [0.25, 0.3) is 32.9 Å². The maximum Gasteiger partial charge on any atom is 0.272 e. The lowest BCUT2D eigenvalue weighted by Gasteiger charge is -2.12. The molecular formula is C23H20N4O3S. The highest BCUT2D eigenvalue weighted by Crippen LogP contribution is 2.37. The molecule has 7 nitrogen and oxygen atoms in total. The van der Waals surface area contributed by atoms with Gasteiger partial charge in [-0.05, 0) is 29.8 Å². The molecule has 3 aromatic heterocycles. The molecular weight excluding hydrogens is 412 g/mol. The van der Waals surface area contributed by atoms with Crippen LogP contribution in [0, 0.1) is 0 Å². The molecule has 0 saturated heterocycles. The number of hydrogen-bond acceptors (Lipinski definition) is 3. The van der Waals surface area contributed by atoms with Gasteiger partial charge >= 0.3 is 0 Å². The number of pyridine rings is 1. The quantitative estimate of drug-likeness (QED) is 0.372. The van der Waals surface area contributed by atoms with Crippen molar-refractivity contribution in [2.45, 2.75) is 6.54 Å². The van der Waals surface area contributed by atoms with E-state index in [9.17, 15) is 13.2 Å². The van der Waals surface area contributed by atoms with E-state index in [4.69, 9.17) is 0 Å². The van der Waals surface area contributed by atoms with Gasteiger partial charge < -0.3 is 14.1 Å². The highest BCUT2D eigenvalue weighted by atomic mass is 32.2. The van der Waals surface area contributed by atoms with Crippen LogP contribution in [0.3, 0.4) is 0 Å². The average molecular weight is 433 g/mol. The molecule has 5 aromatic rings. The zero-order chi connectivity index (χ0) is 21.5. The van der Waals surface area contributed by atoms with Crippen LogP contribution in [0.4, 0.5) is 5.69 Å². The van der Waals surface area contributed by atoms with Crippen LogP contribution in [0.1, 0.15) is 5.56 Å². The Hall–Kier alpha value is -3.78. The lowest BCUT2D eigenvalue weighted by Crippen LogP contribution is -2.07. The van der Waals surface area contributed by atoms with Crippen molar-refractivity contribution in [2.24, 2.45) is 7.05 Å². The fourth-order valence-electron chi connectivity index (χ4n) is 4.22. The molecule has 8 heteroatoms. The van der Waals surface area contributed by atoms with Crippen molar-refractivity contribution in [1.82, 2.24) is 14.1 Å². The first-order valence-electron chi connectivity index (χ1n) is 9.76. The van der Waals surface area contributed by atoms with Gasteiger partial charge in [0.25, 0.3) is 5.56 Å². The number of hydrogen-bond donors (Lipinski definition) is 3. The van der Waals surface area contributed by atoms with Crippen LogP contribution in [0.2, 0.25) is 0 Å². The Morgan fingerprint density at radius 1 is 1.00 bits per heavy atom. The first-order valence-corrected chi connectivity index (χ1v) is 10.9. The Bertz CT molecular complexity index is 1550. The minimum absolute atomic E-state index is 0.168. The van der Waals surface area contributed by atoms with E-state index in [0.717, 1.165) is 33.0 Å². The van der Waals surface area contributed by atoms with Crippen molar-refractivity contribution in [3.63, 3.8) is 0 Å². The van der Waals surface area contributed by atoms with Crippen molar-refractivity contribution < 1.29 is 8.42 Å². The molecule has 0 amide bonds. The van der Waals surface area contributed by atoms with Gasteiger partial charge in [0, 0.05) is 59.8 Å². The van der Waals surface area contributed by atoms with Crippen LogP contribution in [0.15, 0.2) is 78.0 Å². The number of rotatable bonds is 5. The van der Waals surface area contributed by atoms with Gasteiger partial charge in [0.15, 0.2) is 0 Å². The van der Waals surface area contributed by atoms with Gasteiger partial charge in [-0.2, -0.15) is 0 Å². The maximum atomic E-state index is 12.4. The van der Waals surface area contributed by atoms with Crippen molar-refractivity contribution >= 4 is 38.4 Å². The molecule has 5 rings (SSSR count). The molecule has 0 radical (unpaired) electrons. The number of aromatic nitrogens is 3. The third kappa shape index (κ3) is 3.40. The molecule has 0 aliphatic rings. The summed E-state index contributed by atoms with van der Waals surface area (Å²) >= 11 is 0. The van der Waals surface area contributed by atoms with E-state index in [-0.39, 0.29) is 5.56 Å². The largest absolute Gasteiger partial charge is 0.345 e. The Kier molecular flexibility index (Phi) is 4.63. The van der Waals surface area contributed by atoms with E-state index in [1.54, 1.807) is 10.8 Å². The zero-order valence-electron chi connectivity index (χ0n) is 16.7. The molecule has 0 aliphatic heterocycles. The predicted molar refractivity (Wildman–Crippen MR) is 124 cm³/mol. The lowest BCUT2D eigenvalue weighted by molar-refractivity contribution is 0.619. The molecule has 0 fully saturated rings. The van der Waals surface area contributed by atoms with E-state index in [1.165, 1.54) is 0 Å². The number of H-pyrrole nitrogens is 1. The number of aryl methyl sites for hydroxylation is 1. The summed E-state index contributed by atoms with van der Waals surface area (Å²) in [6.07, 6.45) is 5.54. The fraction of sp³-hybridized carbons (Fsp3) is 0.0870. The molecule has 0 bridgehead atoms. The van der Waals surface area contributed by atoms with Crippen molar-refractivity contribution in [3.8, 4) is 11.1 Å². The summed E-state index contributed by atoms with van der Waals surface area (Å²) in [5, 5.41) is 1.72. The number of anilines is 1. The molecule has 31 heavy (non-hydrogen) atoms. The minimum Gasteiger partial charge on any atom is -0.345 e. The van der Waals surface area contributed by atoms with Crippen LogP contribution in [-0.4, -0.2) is 22.5 Å². The van der Waals surface area contributed by atoms with Crippen LogP contribution in [0.5, 0.6) is 0 Å². The summed E-state index contributed by atoms with van der Waals surface area (Å²) < 4.78 is 29.1. The molecule has 0 unspecified atom stereocenters. The minimum atomic E-state index is -2.80. The van der Waals surface area contributed by atoms with Crippen LogP contribution < -0.4 is 10.3 Å². The lowest BCUT2D eigenvalue weighted by atomic mass is 10.0. The standard InChI is InChI=1S/C23H20N4O3S/c1-26-14-20(18-7-9-24-23(28)22(18)26)19-12-17(25-31(29)30)11-16-8-10-27(21(16)19)13-15-5-3-2-4-6-15/h2-12,14,31H,13H2,1H3,(H,24,28)(H,25,29,30). The SMILES string of the molecule is Cn1cc(-c2cc(N[SH](=O)=O)cc3ccn(Cc4ccccc4)c23)c2cc[nH]c(=O)c21. The highest BCUT2D eigenvalue weighted by molar-refractivity contribution is 7.73. The summed E-state index contributed by atoms with van der Waals surface area (Å²) in [5.41, 5.74) is 4.74. The van der Waals surface area contributed by atoms with Gasteiger partial charge in [0.2, 0.25) is 10.9 Å². The van der Waals surface area contributed by atoms with Gasteiger partial charge in [0.05, 0.1) is 5.52 Å². The second kappa shape index (κ2) is 7.48. The van der Waals surface area contributed by atoms with Crippen molar-refractivity contribution in [3.05, 3.63) is 89.1 Å². The molecule has 2 aromatic carbocycles. The van der Waals surface area contributed by atoms with Gasteiger partial charge in [-0.15, -0.1) is 0 Å². The number of nitrogens with zero attached hydrogens (tertiary/aromatic N) is 2. The van der Waals surface area contributed by atoms with E-state index in [2.05, 4.69) is 26.4 Å². The van der Waals surface area contributed by atoms with E-state index in [1.807, 2.05) is 61.9 Å². The van der Waals surface area contributed by atoms with E-state index in [0.29, 0.717) is 17.7 Å². The van der Waals surface area contributed by atoms with Crippen molar-refractivity contribution in [2.75, 3.05) is 4.72 Å². The Morgan fingerprint density at radius 2 is 1.81 bits per heavy atom. The first-order chi connectivity index (χ1) is 15.0. The van der Waals surface area contributed by atoms with Gasteiger partial charge in [-0.3, -0.25) is 9.52 Å². The smallest absolute Gasteiger partial charge is 0.272 e.